The van der Waals surface area contributed by atoms with Gasteiger partial charge in [0, 0.05) is 44.0 Å². The highest BCUT2D eigenvalue weighted by Crippen LogP contribution is 2.32. The molecule has 3 rings (SSSR count). The minimum atomic E-state index is -4.12. The average Bonchev–Trinajstić information content (AvgIpc) is 3.07. The highest BCUT2D eigenvalue weighted by Gasteiger charge is 2.40. The summed E-state index contributed by atoms with van der Waals surface area (Å²) in [4.78, 5) is 36.9. The first kappa shape index (κ1) is 25.3. The molecule has 10 nitrogen and oxygen atoms in total. The van der Waals surface area contributed by atoms with Gasteiger partial charge in [0.25, 0.3) is 5.91 Å². The second-order valence-corrected chi connectivity index (χ2v) is 10.1. The third-order valence-electron chi connectivity index (χ3n) is 5.44. The van der Waals surface area contributed by atoms with E-state index in [4.69, 9.17) is 27.9 Å². The monoisotopic (exact) mass is 518 g/mol. The maximum atomic E-state index is 13.1. The standard InChI is InChI=1S/C20H24Cl2N4O6S/c1-4-32-20(29)13-10-26(33(30,31)24-11(2)27)8-7-15(13)23-19(28)17-9-12-16(25(17)3)6-5-14(21)18(12)22/h5-6,9,13,15H,4,7-8,10H2,1-3H3,(H,23,28)(H,24,27). The summed E-state index contributed by atoms with van der Waals surface area (Å²) >= 11 is 12.3. The molecule has 2 atom stereocenters. The normalized spacial score (nSPS) is 19.3. The first-order valence-electron chi connectivity index (χ1n) is 10.2. The lowest BCUT2D eigenvalue weighted by atomic mass is 9.93. The number of aromatic nitrogens is 1. The Kier molecular flexibility index (Phi) is 7.57. The molecule has 1 saturated heterocycles. The number of hydrogen-bond acceptors (Lipinski definition) is 6. The molecule has 1 aliphatic heterocycles. The number of carbonyl (C=O) groups excluding carboxylic acids is 3. The molecule has 2 N–H and O–H groups in total. The Hall–Kier alpha value is -2.34. The SMILES string of the molecule is CCOC(=O)C1CN(S(=O)(=O)NC(C)=O)CCC1NC(=O)c1cc2c(Cl)c(Cl)ccc2n1C. The molecule has 2 heterocycles. The van der Waals surface area contributed by atoms with Gasteiger partial charge in [-0.15, -0.1) is 0 Å². The molecule has 0 saturated carbocycles. The van der Waals surface area contributed by atoms with Crippen LogP contribution in [0.5, 0.6) is 0 Å². The Labute approximate surface area is 201 Å². The summed E-state index contributed by atoms with van der Waals surface area (Å²) in [6.45, 7) is 2.56. The number of rotatable bonds is 6. The zero-order chi connectivity index (χ0) is 24.5. The summed E-state index contributed by atoms with van der Waals surface area (Å²) in [7, 11) is -2.42. The topological polar surface area (TPSA) is 127 Å². The predicted octanol–water partition coefficient (Wildman–Crippen LogP) is 1.85. The van der Waals surface area contributed by atoms with Crippen molar-refractivity contribution < 1.29 is 27.5 Å². The Morgan fingerprint density at radius 3 is 2.58 bits per heavy atom. The van der Waals surface area contributed by atoms with Gasteiger partial charge >= 0.3 is 16.2 Å². The Morgan fingerprint density at radius 1 is 1.24 bits per heavy atom. The number of fused-ring (bicyclic) bond motifs is 1. The fourth-order valence-electron chi connectivity index (χ4n) is 3.86. The van der Waals surface area contributed by atoms with Crippen molar-refractivity contribution in [3.8, 4) is 0 Å². The van der Waals surface area contributed by atoms with Gasteiger partial charge in [-0.1, -0.05) is 23.2 Å². The molecule has 1 aliphatic rings. The molecule has 2 unspecified atom stereocenters. The van der Waals surface area contributed by atoms with Crippen molar-refractivity contribution in [2.45, 2.75) is 26.3 Å². The van der Waals surface area contributed by atoms with Crippen molar-refractivity contribution in [2.24, 2.45) is 13.0 Å². The maximum absolute atomic E-state index is 13.1. The first-order valence-corrected chi connectivity index (χ1v) is 12.3. The van der Waals surface area contributed by atoms with Crippen LogP contribution in [0.25, 0.3) is 10.9 Å². The molecule has 0 bridgehead atoms. The quantitative estimate of drug-likeness (QED) is 0.561. The zero-order valence-electron chi connectivity index (χ0n) is 18.2. The van der Waals surface area contributed by atoms with Gasteiger partial charge in [0.15, 0.2) is 0 Å². The molecule has 33 heavy (non-hydrogen) atoms. The smallest absolute Gasteiger partial charge is 0.312 e. The van der Waals surface area contributed by atoms with Gasteiger partial charge in [-0.2, -0.15) is 12.7 Å². The fourth-order valence-corrected chi connectivity index (χ4v) is 5.43. The van der Waals surface area contributed by atoms with Crippen LogP contribution in [0.3, 0.4) is 0 Å². The number of esters is 1. The summed E-state index contributed by atoms with van der Waals surface area (Å²) in [5, 5.41) is 4.12. The molecule has 0 aliphatic carbocycles. The van der Waals surface area contributed by atoms with E-state index >= 15 is 0 Å². The lowest BCUT2D eigenvalue weighted by Gasteiger charge is -2.36. The van der Waals surface area contributed by atoms with Crippen molar-refractivity contribution in [3.63, 3.8) is 0 Å². The van der Waals surface area contributed by atoms with Crippen molar-refractivity contribution in [1.82, 2.24) is 18.9 Å². The molecule has 180 valence electrons. The number of aryl methyl sites for hydroxylation is 1. The van der Waals surface area contributed by atoms with E-state index in [9.17, 15) is 22.8 Å². The minimum Gasteiger partial charge on any atom is -0.466 e. The van der Waals surface area contributed by atoms with E-state index < -0.39 is 40.0 Å². The van der Waals surface area contributed by atoms with Gasteiger partial charge in [0.05, 0.1) is 22.6 Å². The van der Waals surface area contributed by atoms with Crippen molar-refractivity contribution in [2.75, 3.05) is 19.7 Å². The molecule has 1 aromatic heterocycles. The highest BCUT2D eigenvalue weighted by atomic mass is 35.5. The zero-order valence-corrected chi connectivity index (χ0v) is 20.6. The third kappa shape index (κ3) is 5.26. The Balaban J connectivity index is 1.86. The molecule has 0 spiro atoms. The van der Waals surface area contributed by atoms with Crippen molar-refractivity contribution in [1.29, 1.82) is 0 Å². The Bertz CT molecular complexity index is 1210. The van der Waals surface area contributed by atoms with E-state index in [0.717, 1.165) is 11.2 Å². The van der Waals surface area contributed by atoms with Crippen LogP contribution < -0.4 is 10.0 Å². The van der Waals surface area contributed by atoms with Gasteiger partial charge in [0.2, 0.25) is 5.91 Å². The van der Waals surface area contributed by atoms with E-state index in [-0.39, 0.29) is 26.1 Å². The molecule has 0 radical (unpaired) electrons. The van der Waals surface area contributed by atoms with E-state index in [1.807, 2.05) is 4.72 Å². The maximum Gasteiger partial charge on any atom is 0.312 e. The van der Waals surface area contributed by atoms with E-state index in [2.05, 4.69) is 5.32 Å². The number of nitrogens with zero attached hydrogens (tertiary/aromatic N) is 2. The lowest BCUT2D eigenvalue weighted by molar-refractivity contribution is -0.150. The van der Waals surface area contributed by atoms with E-state index in [0.29, 0.717) is 26.6 Å². The average molecular weight is 519 g/mol. The van der Waals surface area contributed by atoms with Crippen LogP contribution in [0.15, 0.2) is 18.2 Å². The number of hydrogen-bond donors (Lipinski definition) is 2. The molecule has 1 aromatic carbocycles. The molecule has 1 fully saturated rings. The summed E-state index contributed by atoms with van der Waals surface area (Å²) in [6.07, 6.45) is 0.143. The van der Waals surface area contributed by atoms with Gasteiger partial charge in [-0.25, -0.2) is 4.72 Å². The third-order valence-corrected chi connectivity index (χ3v) is 7.82. The number of amides is 2. The summed E-state index contributed by atoms with van der Waals surface area (Å²) in [6, 6.07) is 4.30. The van der Waals surface area contributed by atoms with E-state index in [1.54, 1.807) is 36.7 Å². The number of piperidine rings is 1. The summed E-state index contributed by atoms with van der Waals surface area (Å²) < 4.78 is 34.5. The largest absolute Gasteiger partial charge is 0.466 e. The van der Waals surface area contributed by atoms with Crippen LogP contribution in [0.4, 0.5) is 0 Å². The molecule has 2 aromatic rings. The lowest BCUT2D eigenvalue weighted by Crippen LogP contribution is -2.57. The first-order chi connectivity index (χ1) is 15.5. The summed E-state index contributed by atoms with van der Waals surface area (Å²) in [5.74, 6) is -2.80. The molecular weight excluding hydrogens is 495 g/mol. The van der Waals surface area contributed by atoms with Crippen LogP contribution in [0.1, 0.15) is 30.8 Å². The van der Waals surface area contributed by atoms with Crippen LogP contribution >= 0.6 is 23.2 Å². The van der Waals surface area contributed by atoms with Gasteiger partial charge in [0.1, 0.15) is 5.69 Å². The number of carbonyl (C=O) groups is 3. The van der Waals surface area contributed by atoms with Crippen molar-refractivity contribution >= 4 is 62.1 Å². The van der Waals surface area contributed by atoms with Crippen LogP contribution in [-0.2, 0) is 31.6 Å². The Morgan fingerprint density at radius 2 is 1.94 bits per heavy atom. The van der Waals surface area contributed by atoms with Crippen LogP contribution in [0.2, 0.25) is 10.0 Å². The predicted molar refractivity (Wildman–Crippen MR) is 123 cm³/mol. The van der Waals surface area contributed by atoms with Gasteiger partial charge in [-0.3, -0.25) is 14.4 Å². The summed E-state index contributed by atoms with van der Waals surface area (Å²) in [5.41, 5.74) is 0.998. The second-order valence-electron chi connectivity index (χ2n) is 7.63. The molecule has 2 amide bonds. The number of halogens is 2. The van der Waals surface area contributed by atoms with E-state index in [1.165, 1.54) is 0 Å². The minimum absolute atomic E-state index is 0.0000134. The molecule has 13 heteroatoms. The highest BCUT2D eigenvalue weighted by molar-refractivity contribution is 7.87. The fraction of sp³-hybridized carbons (Fsp3) is 0.450. The van der Waals surface area contributed by atoms with Crippen LogP contribution in [-0.4, -0.2) is 60.8 Å². The van der Waals surface area contributed by atoms with Gasteiger partial charge in [-0.05, 0) is 31.5 Å². The molecular formula is C20H24Cl2N4O6S. The number of benzene rings is 1. The number of ether oxygens (including phenoxy) is 1. The second kappa shape index (κ2) is 9.88. The van der Waals surface area contributed by atoms with Gasteiger partial charge < -0.3 is 14.6 Å². The van der Waals surface area contributed by atoms with Crippen molar-refractivity contribution in [3.05, 3.63) is 33.9 Å². The number of nitrogens with one attached hydrogen (secondary N) is 2. The van der Waals surface area contributed by atoms with Crippen LogP contribution in [0, 0.1) is 5.92 Å².